The Balaban J connectivity index is 1.86. The number of para-hydroxylation sites is 1. The molecule has 0 aliphatic heterocycles. The molecule has 0 fully saturated rings. The third-order valence-electron chi connectivity index (χ3n) is 4.78. The van der Waals surface area contributed by atoms with Crippen LogP contribution in [0.2, 0.25) is 0 Å². The average Bonchev–Trinajstić information content (AvgIpc) is 3.05. The summed E-state index contributed by atoms with van der Waals surface area (Å²) >= 11 is 1.73. The van der Waals surface area contributed by atoms with Crippen molar-refractivity contribution in [2.24, 2.45) is 0 Å². The van der Waals surface area contributed by atoms with Gasteiger partial charge >= 0.3 is 0 Å². The maximum absolute atomic E-state index is 5.67. The summed E-state index contributed by atoms with van der Waals surface area (Å²) < 4.78 is 7.61. The number of thioether (sulfide) groups is 1. The third kappa shape index (κ3) is 6.08. The van der Waals surface area contributed by atoms with Crippen LogP contribution in [0.15, 0.2) is 35.2 Å². The van der Waals surface area contributed by atoms with Crippen molar-refractivity contribution >= 4 is 11.8 Å². The number of hydrogen-bond acceptors (Lipinski definition) is 3. The van der Waals surface area contributed by atoms with Crippen molar-refractivity contribution in [2.45, 2.75) is 76.0 Å². The minimum atomic E-state index is 0.856. The molecule has 0 bridgehead atoms. The van der Waals surface area contributed by atoms with Gasteiger partial charge in [0.1, 0.15) is 0 Å². The summed E-state index contributed by atoms with van der Waals surface area (Å²) in [6.45, 7) is 2.27. The quantitative estimate of drug-likeness (QED) is 0.289. The molecule has 1 heterocycles. The smallest absolute Gasteiger partial charge is 0.230 e. The molecule has 2 aromatic rings. The van der Waals surface area contributed by atoms with E-state index in [1.54, 1.807) is 18.9 Å². The molecule has 26 heavy (non-hydrogen) atoms. The van der Waals surface area contributed by atoms with E-state index >= 15 is 0 Å². The first-order chi connectivity index (χ1) is 12.8. The fraction of sp³-hybridized carbons (Fsp3) is 0.591. The molecule has 0 aliphatic rings. The van der Waals surface area contributed by atoms with Gasteiger partial charge in [0.2, 0.25) is 5.88 Å². The van der Waals surface area contributed by atoms with Crippen molar-refractivity contribution in [1.29, 1.82) is 0 Å². The number of ether oxygens (including phenoxy) is 1. The molecule has 1 aromatic heterocycles. The fourth-order valence-corrected chi connectivity index (χ4v) is 4.05. The number of aromatic nitrogens is 2. The van der Waals surface area contributed by atoms with E-state index in [4.69, 9.17) is 9.84 Å². The molecule has 0 aliphatic carbocycles. The summed E-state index contributed by atoms with van der Waals surface area (Å²) in [6.07, 6.45) is 15.3. The van der Waals surface area contributed by atoms with Gasteiger partial charge in [0.25, 0.3) is 0 Å². The highest BCUT2D eigenvalue weighted by Crippen LogP contribution is 2.34. The summed E-state index contributed by atoms with van der Waals surface area (Å²) in [6, 6.07) is 10.2. The molecule has 3 nitrogen and oxygen atoms in total. The second-order valence-corrected chi connectivity index (χ2v) is 7.63. The summed E-state index contributed by atoms with van der Waals surface area (Å²) in [5.74, 6) is 0.856. The highest BCUT2D eigenvalue weighted by atomic mass is 32.2. The molecule has 0 N–H and O–H groups in total. The van der Waals surface area contributed by atoms with E-state index < -0.39 is 0 Å². The van der Waals surface area contributed by atoms with Gasteiger partial charge in [0, 0.05) is 0 Å². The Morgan fingerprint density at radius 3 is 2.12 bits per heavy atom. The fourth-order valence-electron chi connectivity index (χ4n) is 3.33. The number of methoxy groups -OCH3 is 1. The van der Waals surface area contributed by atoms with Crippen LogP contribution in [0, 0.1) is 0 Å². The van der Waals surface area contributed by atoms with Crippen LogP contribution in [0.25, 0.3) is 5.69 Å². The van der Waals surface area contributed by atoms with E-state index in [1.807, 2.05) is 22.9 Å². The lowest BCUT2D eigenvalue weighted by Gasteiger charge is -2.06. The van der Waals surface area contributed by atoms with E-state index in [2.05, 4.69) is 25.3 Å². The predicted octanol–water partition coefficient (Wildman–Crippen LogP) is 6.68. The van der Waals surface area contributed by atoms with Crippen LogP contribution in [-0.4, -0.2) is 23.1 Å². The molecule has 4 heteroatoms. The Bertz CT molecular complexity index is 625. The van der Waals surface area contributed by atoms with Crippen LogP contribution < -0.4 is 4.74 Å². The zero-order valence-corrected chi connectivity index (χ0v) is 17.5. The minimum absolute atomic E-state index is 0.856. The third-order valence-corrected chi connectivity index (χ3v) is 5.60. The van der Waals surface area contributed by atoms with Crippen molar-refractivity contribution < 1.29 is 4.74 Å². The molecule has 0 saturated carbocycles. The molecule has 0 spiro atoms. The maximum Gasteiger partial charge on any atom is 0.230 e. The number of nitrogens with zero attached hydrogens (tertiary/aromatic N) is 2. The molecule has 0 saturated heterocycles. The molecule has 0 radical (unpaired) electrons. The van der Waals surface area contributed by atoms with Gasteiger partial charge in [-0.25, -0.2) is 0 Å². The summed E-state index contributed by atoms with van der Waals surface area (Å²) in [4.78, 5) is 1.18. The van der Waals surface area contributed by atoms with Crippen molar-refractivity contribution in [1.82, 2.24) is 9.78 Å². The number of aryl methyl sites for hydroxylation is 1. The van der Waals surface area contributed by atoms with Crippen LogP contribution >= 0.6 is 11.8 Å². The van der Waals surface area contributed by atoms with Crippen LogP contribution in [0.3, 0.4) is 0 Å². The van der Waals surface area contributed by atoms with Crippen molar-refractivity contribution in [2.75, 3.05) is 13.4 Å². The van der Waals surface area contributed by atoms with Gasteiger partial charge < -0.3 is 4.74 Å². The molecule has 2 rings (SSSR count). The second-order valence-electron chi connectivity index (χ2n) is 6.81. The SMILES string of the molecule is CCCCCCCCCCCc1nn(-c2ccccc2)c(OC)c1SC. The molecule has 0 amide bonds. The van der Waals surface area contributed by atoms with Gasteiger partial charge in [0.05, 0.1) is 23.4 Å². The first-order valence-corrected chi connectivity index (χ1v) is 11.3. The highest BCUT2D eigenvalue weighted by molar-refractivity contribution is 7.98. The summed E-state index contributed by atoms with van der Waals surface area (Å²) in [5.41, 5.74) is 2.22. The maximum atomic E-state index is 5.67. The Morgan fingerprint density at radius 2 is 1.54 bits per heavy atom. The lowest BCUT2D eigenvalue weighted by atomic mass is 10.1. The molecular formula is C22H34N2OS. The standard InChI is InChI=1S/C22H34N2OS/c1-4-5-6-7-8-9-10-11-15-18-20-21(26-3)22(25-2)24(23-20)19-16-13-12-14-17-19/h12-14,16-17H,4-11,15,18H2,1-3H3. The van der Waals surface area contributed by atoms with Crippen molar-refractivity contribution in [3.63, 3.8) is 0 Å². The predicted molar refractivity (Wildman–Crippen MR) is 113 cm³/mol. The van der Waals surface area contributed by atoms with E-state index in [1.165, 1.54) is 68.4 Å². The number of unbranched alkanes of at least 4 members (excludes halogenated alkanes) is 8. The largest absolute Gasteiger partial charge is 0.480 e. The lowest BCUT2D eigenvalue weighted by molar-refractivity contribution is 0.375. The Labute approximate surface area is 163 Å². The van der Waals surface area contributed by atoms with E-state index in [9.17, 15) is 0 Å². The monoisotopic (exact) mass is 374 g/mol. The summed E-state index contributed by atoms with van der Waals surface area (Å²) in [5, 5.41) is 4.86. The van der Waals surface area contributed by atoms with E-state index in [0.29, 0.717) is 0 Å². The molecule has 0 unspecified atom stereocenters. The number of hydrogen-bond donors (Lipinski definition) is 0. The zero-order chi connectivity index (χ0) is 18.6. The molecular weight excluding hydrogens is 340 g/mol. The van der Waals surface area contributed by atoms with Gasteiger partial charge in [-0.1, -0.05) is 76.5 Å². The topological polar surface area (TPSA) is 27.1 Å². The number of benzene rings is 1. The molecule has 1 aromatic carbocycles. The first-order valence-electron chi connectivity index (χ1n) is 10.1. The normalized spacial score (nSPS) is 11.0. The van der Waals surface area contributed by atoms with Crippen LogP contribution in [0.1, 0.15) is 70.4 Å². The van der Waals surface area contributed by atoms with Crippen molar-refractivity contribution in [3.05, 3.63) is 36.0 Å². The Hall–Kier alpha value is -1.42. The highest BCUT2D eigenvalue weighted by Gasteiger charge is 2.18. The van der Waals surface area contributed by atoms with Gasteiger partial charge in [0.15, 0.2) is 0 Å². The Kier molecular flexibility index (Phi) is 9.68. The van der Waals surface area contributed by atoms with Gasteiger partial charge in [-0.15, -0.1) is 11.8 Å². The molecule has 0 atom stereocenters. The van der Waals surface area contributed by atoms with Gasteiger partial charge in [-0.3, -0.25) is 0 Å². The second kappa shape index (κ2) is 12.1. The van der Waals surface area contributed by atoms with E-state index in [0.717, 1.165) is 18.0 Å². The van der Waals surface area contributed by atoms with Gasteiger partial charge in [-0.05, 0) is 31.2 Å². The Morgan fingerprint density at radius 1 is 0.923 bits per heavy atom. The van der Waals surface area contributed by atoms with E-state index in [-0.39, 0.29) is 0 Å². The first kappa shape index (κ1) is 20.9. The minimum Gasteiger partial charge on any atom is -0.480 e. The average molecular weight is 375 g/mol. The van der Waals surface area contributed by atoms with Crippen LogP contribution in [0.4, 0.5) is 0 Å². The molecule has 144 valence electrons. The van der Waals surface area contributed by atoms with Crippen molar-refractivity contribution in [3.8, 4) is 11.6 Å². The van der Waals surface area contributed by atoms with Crippen LogP contribution in [0.5, 0.6) is 5.88 Å². The summed E-state index contributed by atoms with van der Waals surface area (Å²) in [7, 11) is 1.73. The number of rotatable bonds is 13. The zero-order valence-electron chi connectivity index (χ0n) is 16.7. The lowest BCUT2D eigenvalue weighted by Crippen LogP contribution is -2.00. The van der Waals surface area contributed by atoms with Gasteiger partial charge in [-0.2, -0.15) is 9.78 Å². The van der Waals surface area contributed by atoms with Crippen LogP contribution in [-0.2, 0) is 6.42 Å².